The molecule has 0 spiro atoms. The Kier molecular flexibility index (Phi) is 2.76. The van der Waals surface area contributed by atoms with Crippen LogP contribution in [-0.2, 0) is 9.47 Å². The molecule has 1 aromatic carbocycles. The number of hydrogen-bond acceptors (Lipinski definition) is 4. The molecule has 1 fully saturated rings. The molecule has 0 amide bonds. The minimum Gasteiger partial charge on any atom is -0.619 e. The third-order valence-corrected chi connectivity index (χ3v) is 2.21. The maximum absolute atomic E-state index is 13.2. The van der Waals surface area contributed by atoms with Crippen LogP contribution in [0, 0.1) is 11.0 Å². The van der Waals surface area contributed by atoms with Gasteiger partial charge in [0.1, 0.15) is 6.72 Å². The van der Waals surface area contributed by atoms with Crippen LogP contribution in [0.25, 0.3) is 0 Å². The third-order valence-electron chi connectivity index (χ3n) is 2.21. The number of methoxy groups -OCH3 is 1. The van der Waals surface area contributed by atoms with Crippen LogP contribution in [0.2, 0.25) is 0 Å². The van der Waals surface area contributed by atoms with Crippen LogP contribution in [0.15, 0.2) is 18.2 Å². The lowest BCUT2D eigenvalue weighted by atomic mass is 10.2. The Labute approximate surface area is 91.7 Å². The third kappa shape index (κ3) is 2.12. The van der Waals surface area contributed by atoms with E-state index in [1.54, 1.807) is 0 Å². The van der Waals surface area contributed by atoms with E-state index in [1.165, 1.54) is 25.3 Å². The van der Waals surface area contributed by atoms with E-state index in [2.05, 4.69) is 12.0 Å². The van der Waals surface area contributed by atoms with E-state index in [0.29, 0.717) is 5.69 Å². The molecule has 2 atom stereocenters. The van der Waals surface area contributed by atoms with E-state index in [-0.39, 0.29) is 22.9 Å². The first-order valence-electron chi connectivity index (χ1n) is 4.64. The fourth-order valence-corrected chi connectivity index (χ4v) is 1.34. The number of halogens is 1. The van der Waals surface area contributed by atoms with Crippen LogP contribution in [-0.4, -0.2) is 31.1 Å². The van der Waals surface area contributed by atoms with Crippen LogP contribution in [0.5, 0.6) is 0 Å². The minimum atomic E-state index is -0.615. The molecule has 1 N–H and O–H groups in total. The van der Waals surface area contributed by atoms with E-state index in [0.717, 1.165) is 0 Å². The van der Waals surface area contributed by atoms with Crippen molar-refractivity contribution in [1.82, 2.24) is 0 Å². The predicted molar refractivity (Wildman–Crippen MR) is 56.1 cm³/mol. The second kappa shape index (κ2) is 4.07. The summed E-state index contributed by atoms with van der Waals surface area (Å²) in [5.74, 6) is -0.615. The molecule has 6 heteroatoms. The lowest BCUT2D eigenvalue weighted by Crippen LogP contribution is -2.08. The van der Waals surface area contributed by atoms with Gasteiger partial charge in [0, 0.05) is 18.9 Å². The van der Waals surface area contributed by atoms with Crippen molar-refractivity contribution < 1.29 is 18.6 Å². The summed E-state index contributed by atoms with van der Waals surface area (Å²) in [6.45, 7) is 3.09. The molecule has 0 saturated carbocycles. The van der Waals surface area contributed by atoms with Crippen molar-refractivity contribution in [3.8, 4) is 0 Å². The average molecular weight is 226 g/mol. The summed E-state index contributed by atoms with van der Waals surface area (Å²) in [5.41, 5.74) is 0.449. The molecular formula is C10H11FN2O3. The van der Waals surface area contributed by atoms with Gasteiger partial charge in [0.05, 0.1) is 0 Å². The quantitative estimate of drug-likeness (QED) is 0.277. The maximum atomic E-state index is 13.2. The monoisotopic (exact) mass is 226 g/mol. The molecule has 16 heavy (non-hydrogen) atoms. The van der Waals surface area contributed by atoms with Gasteiger partial charge < -0.3 is 20.0 Å². The number of hydrogen-bond donors (Lipinski definition) is 1. The van der Waals surface area contributed by atoms with Crippen LogP contribution >= 0.6 is 0 Å². The number of rotatable bonds is 4. The zero-order valence-corrected chi connectivity index (χ0v) is 8.64. The number of anilines is 1. The summed E-state index contributed by atoms with van der Waals surface area (Å²) in [5, 5.41) is 13.9. The zero-order valence-electron chi connectivity index (χ0n) is 8.64. The van der Waals surface area contributed by atoms with Gasteiger partial charge in [-0.1, -0.05) is 0 Å². The topological polar surface area (TPSA) is 59.9 Å². The van der Waals surface area contributed by atoms with Crippen molar-refractivity contribution in [2.75, 3.05) is 12.4 Å². The molecule has 2 unspecified atom stereocenters. The summed E-state index contributed by atoms with van der Waals surface area (Å²) in [6.07, 6.45) is -0.551. The van der Waals surface area contributed by atoms with E-state index in [9.17, 15) is 9.60 Å². The highest BCUT2D eigenvalue weighted by molar-refractivity contribution is 5.53. The Bertz CT molecular complexity index is 425. The van der Waals surface area contributed by atoms with Gasteiger partial charge in [-0.2, -0.15) is 9.13 Å². The molecule has 1 aromatic rings. The second-order valence-corrected chi connectivity index (χ2v) is 3.35. The SMILES string of the molecule is C=[N+]([O-])c1cc(NC2OC2OC)ccc1F. The zero-order chi connectivity index (χ0) is 11.7. The molecule has 1 aliphatic rings. The van der Waals surface area contributed by atoms with Gasteiger partial charge in [-0.05, 0) is 12.1 Å². The molecule has 86 valence electrons. The molecule has 0 radical (unpaired) electrons. The van der Waals surface area contributed by atoms with Crippen molar-refractivity contribution in [3.05, 3.63) is 29.2 Å². The molecule has 1 heterocycles. The molecule has 1 saturated heterocycles. The number of benzene rings is 1. The minimum absolute atomic E-state index is 0.125. The maximum Gasteiger partial charge on any atom is 0.254 e. The molecule has 0 aromatic heterocycles. The van der Waals surface area contributed by atoms with Gasteiger partial charge in [-0.15, -0.1) is 0 Å². The Hall–Kier alpha value is -1.66. The van der Waals surface area contributed by atoms with Crippen molar-refractivity contribution in [1.29, 1.82) is 0 Å². The summed E-state index contributed by atoms with van der Waals surface area (Å²) in [6, 6.07) is 4.07. The first-order valence-corrected chi connectivity index (χ1v) is 4.64. The molecule has 0 aliphatic carbocycles. The fourth-order valence-electron chi connectivity index (χ4n) is 1.34. The Morgan fingerprint density at radius 3 is 2.94 bits per heavy atom. The van der Waals surface area contributed by atoms with Crippen LogP contribution in [0.1, 0.15) is 0 Å². The number of epoxide rings is 1. The highest BCUT2D eigenvalue weighted by Gasteiger charge is 2.39. The Morgan fingerprint density at radius 1 is 1.62 bits per heavy atom. The van der Waals surface area contributed by atoms with E-state index in [4.69, 9.17) is 9.47 Å². The van der Waals surface area contributed by atoms with Crippen molar-refractivity contribution >= 4 is 18.1 Å². The summed E-state index contributed by atoms with van der Waals surface area (Å²) in [7, 11) is 1.53. The largest absolute Gasteiger partial charge is 0.619 e. The predicted octanol–water partition coefficient (Wildman–Crippen LogP) is 1.41. The van der Waals surface area contributed by atoms with Gasteiger partial charge in [0.2, 0.25) is 6.29 Å². The van der Waals surface area contributed by atoms with E-state index >= 15 is 0 Å². The highest BCUT2D eigenvalue weighted by atomic mass is 19.1. The van der Waals surface area contributed by atoms with Crippen molar-refractivity contribution in [3.63, 3.8) is 0 Å². The Balaban J connectivity index is 2.11. The van der Waals surface area contributed by atoms with Gasteiger partial charge >= 0.3 is 0 Å². The summed E-state index contributed by atoms with van der Waals surface area (Å²) >= 11 is 0. The van der Waals surface area contributed by atoms with E-state index in [1.807, 2.05) is 0 Å². The van der Waals surface area contributed by atoms with E-state index < -0.39 is 5.82 Å². The van der Waals surface area contributed by atoms with Gasteiger partial charge in [0.15, 0.2) is 12.0 Å². The summed E-state index contributed by atoms with van der Waals surface area (Å²) in [4.78, 5) is 0. The number of ether oxygens (including phenoxy) is 2. The molecule has 0 bridgehead atoms. The molecular weight excluding hydrogens is 215 g/mol. The fraction of sp³-hybridized carbons (Fsp3) is 0.300. The van der Waals surface area contributed by atoms with Crippen LogP contribution < -0.4 is 5.32 Å². The standard InChI is InChI=1S/C10H11FN2O3/c1-13(14)8-5-6(3-4-7(8)11)12-9-10(15-2)16-9/h3-5,9-10,12H,1H2,2H3. The van der Waals surface area contributed by atoms with Gasteiger partial charge in [-0.25, -0.2) is 0 Å². The first-order chi connectivity index (χ1) is 7.61. The summed E-state index contributed by atoms with van der Waals surface area (Å²) < 4.78 is 23.3. The Morgan fingerprint density at radius 2 is 2.38 bits per heavy atom. The number of nitrogens with one attached hydrogen (secondary N) is 1. The lowest BCUT2D eigenvalue weighted by molar-refractivity contribution is -0.352. The van der Waals surface area contributed by atoms with Crippen LogP contribution in [0.4, 0.5) is 15.8 Å². The average Bonchev–Trinajstić information content (AvgIpc) is 2.99. The molecule has 2 rings (SSSR count). The molecule has 5 nitrogen and oxygen atoms in total. The highest BCUT2D eigenvalue weighted by Crippen LogP contribution is 2.27. The molecule has 1 aliphatic heterocycles. The second-order valence-electron chi connectivity index (χ2n) is 3.35. The normalized spacial score (nSPS) is 22.9. The first kappa shape index (κ1) is 10.8. The van der Waals surface area contributed by atoms with Crippen molar-refractivity contribution in [2.24, 2.45) is 0 Å². The van der Waals surface area contributed by atoms with Crippen molar-refractivity contribution in [2.45, 2.75) is 12.5 Å². The van der Waals surface area contributed by atoms with Crippen LogP contribution in [0.3, 0.4) is 0 Å². The van der Waals surface area contributed by atoms with Gasteiger partial charge in [-0.3, -0.25) is 0 Å². The smallest absolute Gasteiger partial charge is 0.254 e. The lowest BCUT2D eigenvalue weighted by Gasteiger charge is -2.06. The number of nitrogens with zero attached hydrogens (tertiary/aromatic N) is 1. The van der Waals surface area contributed by atoms with Gasteiger partial charge in [0.25, 0.3) is 5.69 Å².